The molecule has 14 heavy (non-hydrogen) atoms. The molecule has 1 amide bonds. The van der Waals surface area contributed by atoms with Gasteiger partial charge in [0.2, 0.25) is 5.91 Å². The summed E-state index contributed by atoms with van der Waals surface area (Å²) in [6, 6.07) is 0.327. The number of nitrogens with one attached hydrogen (secondary N) is 1. The highest BCUT2D eigenvalue weighted by molar-refractivity contribution is 5.78. The number of hydrogen-bond donors (Lipinski definition) is 2. The molecule has 0 aromatic carbocycles. The Labute approximate surface area is 85.3 Å². The number of likely N-dealkylation sites (tertiary alicyclic amines) is 1. The Bertz CT molecular complexity index is 195. The van der Waals surface area contributed by atoms with Crippen LogP contribution in [0.5, 0.6) is 0 Å². The van der Waals surface area contributed by atoms with E-state index in [0.29, 0.717) is 19.1 Å². The Morgan fingerprint density at radius 1 is 1.64 bits per heavy atom. The van der Waals surface area contributed by atoms with Gasteiger partial charge in [0.15, 0.2) is 0 Å². The van der Waals surface area contributed by atoms with E-state index in [-0.39, 0.29) is 12.0 Å². The fourth-order valence-corrected chi connectivity index (χ4v) is 1.58. The van der Waals surface area contributed by atoms with Crippen LogP contribution in [0.3, 0.4) is 0 Å². The lowest BCUT2D eigenvalue weighted by atomic mass is 10.1. The minimum atomic E-state index is -0.327. The second-order valence-electron chi connectivity index (χ2n) is 4.17. The molecule has 1 rings (SSSR count). The summed E-state index contributed by atoms with van der Waals surface area (Å²) in [6.45, 7) is 5.69. The number of aliphatic hydroxyl groups is 1. The summed E-state index contributed by atoms with van der Waals surface area (Å²) in [7, 11) is 0. The molecule has 2 N–H and O–H groups in total. The van der Waals surface area contributed by atoms with Crippen LogP contribution < -0.4 is 5.32 Å². The molecule has 1 fully saturated rings. The smallest absolute Gasteiger partial charge is 0.236 e. The summed E-state index contributed by atoms with van der Waals surface area (Å²) in [5.41, 5.74) is 0. The lowest BCUT2D eigenvalue weighted by Gasteiger charge is -2.30. The lowest BCUT2D eigenvalue weighted by molar-refractivity contribution is -0.133. The number of rotatable bonds is 3. The Kier molecular flexibility index (Phi) is 4.35. The van der Waals surface area contributed by atoms with Crippen molar-refractivity contribution in [1.82, 2.24) is 10.2 Å². The monoisotopic (exact) mass is 200 g/mol. The molecule has 0 bridgehead atoms. The summed E-state index contributed by atoms with van der Waals surface area (Å²) < 4.78 is 0. The molecule has 1 atom stereocenters. The van der Waals surface area contributed by atoms with Crippen molar-refractivity contribution in [2.75, 3.05) is 19.6 Å². The number of nitrogens with zero attached hydrogens (tertiary/aromatic N) is 1. The maximum Gasteiger partial charge on any atom is 0.236 e. The molecule has 1 heterocycles. The van der Waals surface area contributed by atoms with Gasteiger partial charge in [0, 0.05) is 19.1 Å². The second-order valence-corrected chi connectivity index (χ2v) is 4.17. The maximum absolute atomic E-state index is 11.6. The summed E-state index contributed by atoms with van der Waals surface area (Å²) in [4.78, 5) is 13.3. The first-order chi connectivity index (χ1) is 6.59. The van der Waals surface area contributed by atoms with Gasteiger partial charge in [-0.15, -0.1) is 0 Å². The Morgan fingerprint density at radius 2 is 2.36 bits per heavy atom. The van der Waals surface area contributed by atoms with E-state index in [0.717, 1.165) is 19.4 Å². The van der Waals surface area contributed by atoms with E-state index in [4.69, 9.17) is 0 Å². The number of β-amino-alcohol motifs (C(OH)–C–C–N with tert-alkyl or cyclic N) is 1. The Hall–Kier alpha value is -0.610. The minimum absolute atomic E-state index is 0.0949. The molecule has 0 spiro atoms. The van der Waals surface area contributed by atoms with Crippen LogP contribution in [0.2, 0.25) is 0 Å². The van der Waals surface area contributed by atoms with E-state index >= 15 is 0 Å². The van der Waals surface area contributed by atoms with Crippen LogP contribution in [0, 0.1) is 0 Å². The first-order valence-electron chi connectivity index (χ1n) is 5.29. The minimum Gasteiger partial charge on any atom is -0.391 e. The van der Waals surface area contributed by atoms with Crippen molar-refractivity contribution in [1.29, 1.82) is 0 Å². The van der Waals surface area contributed by atoms with Crippen molar-refractivity contribution in [3.63, 3.8) is 0 Å². The third kappa shape index (κ3) is 3.64. The van der Waals surface area contributed by atoms with Crippen molar-refractivity contribution < 1.29 is 9.90 Å². The van der Waals surface area contributed by atoms with Crippen molar-refractivity contribution in [3.05, 3.63) is 0 Å². The van der Waals surface area contributed by atoms with Crippen LogP contribution in [-0.4, -0.2) is 47.7 Å². The normalized spacial score (nSPS) is 22.9. The van der Waals surface area contributed by atoms with E-state index in [9.17, 15) is 9.90 Å². The molecule has 4 nitrogen and oxygen atoms in total. The number of carbonyl (C=O) groups excluding carboxylic acids is 1. The zero-order valence-corrected chi connectivity index (χ0v) is 8.99. The van der Waals surface area contributed by atoms with Crippen LogP contribution >= 0.6 is 0 Å². The number of aliphatic hydroxyl groups excluding tert-OH is 1. The standard InChI is InChI=1S/C10H20N2O2/c1-8(2)11-6-10(14)12-5-3-4-9(13)7-12/h8-9,11,13H,3-7H2,1-2H3. The molecule has 1 saturated heterocycles. The highest BCUT2D eigenvalue weighted by Gasteiger charge is 2.21. The average Bonchev–Trinajstić information content (AvgIpc) is 2.14. The van der Waals surface area contributed by atoms with E-state index in [1.807, 2.05) is 13.8 Å². The predicted octanol–water partition coefficient (Wildman–Crippen LogP) is -0.0323. The molecule has 0 aromatic rings. The number of hydrogen-bond acceptors (Lipinski definition) is 3. The molecule has 0 saturated carbocycles. The molecular weight excluding hydrogens is 180 g/mol. The second kappa shape index (κ2) is 5.32. The van der Waals surface area contributed by atoms with Gasteiger partial charge in [-0.25, -0.2) is 0 Å². The lowest BCUT2D eigenvalue weighted by Crippen LogP contribution is -2.46. The predicted molar refractivity (Wildman–Crippen MR) is 55.0 cm³/mol. The van der Waals surface area contributed by atoms with Crippen LogP contribution in [0.1, 0.15) is 26.7 Å². The first-order valence-corrected chi connectivity index (χ1v) is 5.29. The van der Waals surface area contributed by atoms with Crippen LogP contribution in [0.4, 0.5) is 0 Å². The number of piperidine rings is 1. The topological polar surface area (TPSA) is 52.6 Å². The van der Waals surface area contributed by atoms with E-state index in [1.165, 1.54) is 0 Å². The molecule has 1 aliphatic heterocycles. The van der Waals surface area contributed by atoms with Crippen molar-refractivity contribution >= 4 is 5.91 Å². The Balaban J connectivity index is 2.29. The molecule has 1 unspecified atom stereocenters. The molecule has 1 aliphatic rings. The third-order valence-electron chi connectivity index (χ3n) is 2.41. The maximum atomic E-state index is 11.6. The zero-order chi connectivity index (χ0) is 10.6. The highest BCUT2D eigenvalue weighted by Crippen LogP contribution is 2.09. The highest BCUT2D eigenvalue weighted by atomic mass is 16.3. The van der Waals surface area contributed by atoms with Gasteiger partial charge in [-0.2, -0.15) is 0 Å². The van der Waals surface area contributed by atoms with Crippen LogP contribution in [0.15, 0.2) is 0 Å². The molecule has 0 aromatic heterocycles. The largest absolute Gasteiger partial charge is 0.391 e. The van der Waals surface area contributed by atoms with Gasteiger partial charge >= 0.3 is 0 Å². The molecule has 4 heteroatoms. The van der Waals surface area contributed by atoms with Crippen LogP contribution in [0.25, 0.3) is 0 Å². The van der Waals surface area contributed by atoms with Gasteiger partial charge in [-0.1, -0.05) is 13.8 Å². The van der Waals surface area contributed by atoms with Crippen molar-refractivity contribution in [2.45, 2.75) is 38.8 Å². The van der Waals surface area contributed by atoms with Gasteiger partial charge < -0.3 is 15.3 Å². The summed E-state index contributed by atoms with van der Waals surface area (Å²) in [5.74, 6) is 0.0949. The molecular formula is C10H20N2O2. The molecule has 0 radical (unpaired) electrons. The van der Waals surface area contributed by atoms with Crippen molar-refractivity contribution in [2.24, 2.45) is 0 Å². The quantitative estimate of drug-likeness (QED) is 0.672. The summed E-state index contributed by atoms with van der Waals surface area (Å²) >= 11 is 0. The van der Waals surface area contributed by atoms with E-state index < -0.39 is 0 Å². The van der Waals surface area contributed by atoms with Gasteiger partial charge in [0.1, 0.15) is 0 Å². The fourth-order valence-electron chi connectivity index (χ4n) is 1.58. The summed E-state index contributed by atoms with van der Waals surface area (Å²) in [5, 5.41) is 12.5. The Morgan fingerprint density at radius 3 is 2.93 bits per heavy atom. The van der Waals surface area contributed by atoms with Crippen LogP contribution in [-0.2, 0) is 4.79 Å². The zero-order valence-electron chi connectivity index (χ0n) is 8.99. The van der Waals surface area contributed by atoms with Gasteiger partial charge in [-0.3, -0.25) is 4.79 Å². The average molecular weight is 200 g/mol. The molecule has 0 aliphatic carbocycles. The fraction of sp³-hybridized carbons (Fsp3) is 0.900. The number of amides is 1. The van der Waals surface area contributed by atoms with E-state index in [2.05, 4.69) is 5.32 Å². The first kappa shape index (κ1) is 11.5. The van der Waals surface area contributed by atoms with Gasteiger partial charge in [0.05, 0.1) is 12.6 Å². The third-order valence-corrected chi connectivity index (χ3v) is 2.41. The van der Waals surface area contributed by atoms with E-state index in [1.54, 1.807) is 4.90 Å². The SMILES string of the molecule is CC(C)NCC(=O)N1CCCC(O)C1. The summed E-state index contributed by atoms with van der Waals surface area (Å²) in [6.07, 6.45) is 1.41. The number of carbonyl (C=O) groups is 1. The van der Waals surface area contributed by atoms with Gasteiger partial charge in [0.25, 0.3) is 0 Å². The van der Waals surface area contributed by atoms with Gasteiger partial charge in [-0.05, 0) is 12.8 Å². The molecule has 82 valence electrons. The van der Waals surface area contributed by atoms with Crippen molar-refractivity contribution in [3.8, 4) is 0 Å².